The van der Waals surface area contributed by atoms with Crippen LogP contribution in [0.25, 0.3) is 0 Å². The third-order valence-electron chi connectivity index (χ3n) is 11.0. The topological polar surface area (TPSA) is 62.2 Å². The third-order valence-corrected chi connectivity index (χ3v) is 11.0. The number of phenolic OH excluding ortho intramolecular Hbond substituents is 1. The maximum absolute atomic E-state index is 12.1. The van der Waals surface area contributed by atoms with Crippen molar-refractivity contribution in [1.82, 2.24) is 4.90 Å². The van der Waals surface area contributed by atoms with E-state index in [-0.39, 0.29) is 22.5 Å². The van der Waals surface area contributed by atoms with Crippen LogP contribution in [-0.4, -0.2) is 58.7 Å². The highest BCUT2D eigenvalue weighted by Crippen LogP contribution is 2.79. The molecular formula is C29H41NO4. The first-order valence-corrected chi connectivity index (χ1v) is 13.4. The molecule has 0 amide bonds. The van der Waals surface area contributed by atoms with Crippen molar-refractivity contribution in [3.63, 3.8) is 0 Å². The Kier molecular flexibility index (Phi) is 4.72. The summed E-state index contributed by atoms with van der Waals surface area (Å²) in [7, 11) is 4.04. The van der Waals surface area contributed by atoms with Crippen molar-refractivity contribution in [3.8, 4) is 11.5 Å². The first-order chi connectivity index (χ1) is 16.1. The summed E-state index contributed by atoms with van der Waals surface area (Å²) in [4.78, 5) is 2.53. The predicted octanol–water partition coefficient (Wildman–Crippen LogP) is 4.72. The minimum atomic E-state index is -0.876. The first kappa shape index (κ1) is 22.9. The number of likely N-dealkylation sites (tertiary alicyclic amines) is 1. The third kappa shape index (κ3) is 2.29. The molecule has 2 aliphatic heterocycles. The lowest BCUT2D eigenvalue weighted by Crippen LogP contribution is -2.85. The van der Waals surface area contributed by atoms with Crippen LogP contribution in [0, 0.1) is 11.3 Å². The molecule has 4 aliphatic carbocycles. The molecule has 2 N–H and O–H groups in total. The number of fused-ring (bicyclic) bond motifs is 1. The van der Waals surface area contributed by atoms with Crippen molar-refractivity contribution >= 4 is 0 Å². The highest BCUT2D eigenvalue weighted by Gasteiger charge is 2.85. The van der Waals surface area contributed by atoms with Crippen LogP contribution in [0.4, 0.5) is 0 Å². The SMILES string of the molecule is CCCCCC[C@](C)(O)[C@H]1C[C@@]23C=C[C@@]1(OC)[C@]1(C)Oc4c(O)ccc5c4[C@@]12CCN(C)[C@H]3C5. The van der Waals surface area contributed by atoms with Crippen LogP contribution in [0.1, 0.15) is 76.8 Å². The van der Waals surface area contributed by atoms with Gasteiger partial charge in [-0.05, 0) is 64.8 Å². The molecule has 1 aromatic carbocycles. The Hall–Kier alpha value is -1.56. The van der Waals surface area contributed by atoms with Crippen LogP contribution >= 0.6 is 0 Å². The molecule has 0 aromatic heterocycles. The normalized spacial score (nSPS) is 42.9. The van der Waals surface area contributed by atoms with Crippen LogP contribution in [-0.2, 0) is 16.6 Å². The molecule has 7 rings (SSSR count). The minimum absolute atomic E-state index is 0.0956. The van der Waals surface area contributed by atoms with E-state index in [9.17, 15) is 10.2 Å². The molecule has 1 aromatic rings. The molecule has 2 heterocycles. The summed E-state index contributed by atoms with van der Waals surface area (Å²) in [6, 6.07) is 4.24. The Bertz CT molecular complexity index is 1050. The van der Waals surface area contributed by atoms with Gasteiger partial charge in [0.05, 0.1) is 11.0 Å². The highest BCUT2D eigenvalue weighted by atomic mass is 16.6. The molecule has 6 aliphatic rings. The monoisotopic (exact) mass is 467 g/mol. The van der Waals surface area contributed by atoms with Gasteiger partial charge in [-0.2, -0.15) is 0 Å². The van der Waals surface area contributed by atoms with E-state index in [1.165, 1.54) is 24.0 Å². The van der Waals surface area contributed by atoms with Crippen molar-refractivity contribution in [2.45, 2.75) is 100 Å². The number of ether oxygens (including phenoxy) is 2. The number of hydrogen-bond acceptors (Lipinski definition) is 5. The van der Waals surface area contributed by atoms with E-state index in [0.717, 1.165) is 45.1 Å². The maximum atomic E-state index is 12.1. The molecule has 0 radical (unpaired) electrons. The molecule has 5 nitrogen and oxygen atoms in total. The Morgan fingerprint density at radius 3 is 2.76 bits per heavy atom. The number of piperidine rings is 1. The molecule has 2 fully saturated rings. The van der Waals surface area contributed by atoms with E-state index in [1.54, 1.807) is 13.2 Å². The van der Waals surface area contributed by atoms with Crippen LogP contribution in [0.2, 0.25) is 0 Å². The second kappa shape index (κ2) is 7.02. The number of nitrogens with zero attached hydrogens (tertiary/aromatic N) is 1. The van der Waals surface area contributed by atoms with E-state index in [0.29, 0.717) is 11.8 Å². The van der Waals surface area contributed by atoms with Gasteiger partial charge in [0.1, 0.15) is 11.2 Å². The van der Waals surface area contributed by atoms with E-state index >= 15 is 0 Å². The average molecular weight is 468 g/mol. The summed E-state index contributed by atoms with van der Waals surface area (Å²) in [5.74, 6) is 0.785. The van der Waals surface area contributed by atoms with Crippen LogP contribution in [0.15, 0.2) is 24.3 Å². The lowest BCUT2D eigenvalue weighted by atomic mass is 9.32. The van der Waals surface area contributed by atoms with Gasteiger partial charge in [0.25, 0.3) is 0 Å². The zero-order valence-electron chi connectivity index (χ0n) is 21.5. The average Bonchev–Trinajstić information content (AvgIpc) is 3.11. The molecular weight excluding hydrogens is 426 g/mol. The molecule has 186 valence electrons. The summed E-state index contributed by atoms with van der Waals surface area (Å²) in [6.07, 6.45) is 12.8. The van der Waals surface area contributed by atoms with Crippen molar-refractivity contribution < 1.29 is 19.7 Å². The lowest BCUT2D eigenvalue weighted by molar-refractivity contribution is -0.286. The molecule has 7 atom stereocenters. The second-order valence-corrected chi connectivity index (χ2v) is 12.2. The number of phenols is 1. The van der Waals surface area contributed by atoms with Gasteiger partial charge in [-0.3, -0.25) is 0 Å². The summed E-state index contributed by atoms with van der Waals surface area (Å²) in [5.41, 5.74) is -0.295. The Morgan fingerprint density at radius 2 is 2.03 bits per heavy atom. The molecule has 0 unspecified atom stereocenters. The zero-order valence-corrected chi connectivity index (χ0v) is 21.5. The van der Waals surface area contributed by atoms with Crippen LogP contribution in [0.5, 0.6) is 11.5 Å². The second-order valence-electron chi connectivity index (χ2n) is 12.2. The molecule has 1 saturated heterocycles. The number of methoxy groups -OCH3 is 1. The Morgan fingerprint density at radius 1 is 1.24 bits per heavy atom. The smallest absolute Gasteiger partial charge is 0.166 e. The number of likely N-dealkylation sites (N-methyl/N-ethyl adjacent to an activating group) is 1. The number of benzene rings is 1. The van der Waals surface area contributed by atoms with Gasteiger partial charge in [-0.15, -0.1) is 0 Å². The van der Waals surface area contributed by atoms with Gasteiger partial charge in [0.15, 0.2) is 11.5 Å². The van der Waals surface area contributed by atoms with Gasteiger partial charge >= 0.3 is 0 Å². The van der Waals surface area contributed by atoms with Crippen molar-refractivity contribution in [2.24, 2.45) is 11.3 Å². The lowest BCUT2D eigenvalue weighted by Gasteiger charge is -2.75. The number of aromatic hydroxyl groups is 1. The standard InChI is InChI=1S/C29H41NO4/c1-6-7-8-9-12-25(2,32)21-18-27-13-14-29(21,33-5)26(3)28(27)15-16-30(4)22(27)17-19-10-11-20(31)24(34-26)23(19)28/h10-11,13-14,21-22,31-32H,6-9,12,15-18H2,1-5H3/t21-,22+,25+,26-,27-,28+,29+/m1/s1. The number of unbranched alkanes of at least 4 members (excludes halogenated alkanes) is 3. The van der Waals surface area contributed by atoms with Gasteiger partial charge in [-0.1, -0.05) is 50.8 Å². The fourth-order valence-corrected chi connectivity index (χ4v) is 9.47. The van der Waals surface area contributed by atoms with E-state index in [4.69, 9.17) is 9.47 Å². The van der Waals surface area contributed by atoms with Crippen molar-refractivity contribution in [3.05, 3.63) is 35.4 Å². The molecule has 5 heteroatoms. The summed E-state index contributed by atoms with van der Waals surface area (Å²) >= 11 is 0. The number of aliphatic hydroxyl groups is 1. The molecule has 34 heavy (non-hydrogen) atoms. The zero-order chi connectivity index (χ0) is 24.1. The quantitative estimate of drug-likeness (QED) is 0.449. The van der Waals surface area contributed by atoms with Crippen LogP contribution < -0.4 is 4.74 Å². The number of rotatable bonds is 7. The van der Waals surface area contributed by atoms with E-state index in [1.807, 2.05) is 6.92 Å². The van der Waals surface area contributed by atoms with Crippen LogP contribution in [0.3, 0.4) is 0 Å². The van der Waals surface area contributed by atoms with Gasteiger partial charge in [0, 0.05) is 30.0 Å². The van der Waals surface area contributed by atoms with Gasteiger partial charge in [-0.25, -0.2) is 0 Å². The van der Waals surface area contributed by atoms with Gasteiger partial charge in [0.2, 0.25) is 0 Å². The predicted molar refractivity (Wildman–Crippen MR) is 132 cm³/mol. The Labute approximate surface area is 204 Å². The van der Waals surface area contributed by atoms with Gasteiger partial charge < -0.3 is 24.6 Å². The summed E-state index contributed by atoms with van der Waals surface area (Å²) in [5, 5.41) is 23.0. The summed E-state index contributed by atoms with van der Waals surface area (Å²) in [6.45, 7) is 7.45. The number of hydrogen-bond donors (Lipinski definition) is 2. The van der Waals surface area contributed by atoms with Crippen molar-refractivity contribution in [1.29, 1.82) is 0 Å². The molecule has 1 saturated carbocycles. The highest BCUT2D eigenvalue weighted by molar-refractivity contribution is 5.67. The van der Waals surface area contributed by atoms with Crippen molar-refractivity contribution in [2.75, 3.05) is 20.7 Å². The molecule has 4 bridgehead atoms. The van der Waals surface area contributed by atoms with E-state index in [2.05, 4.69) is 44.0 Å². The first-order valence-electron chi connectivity index (χ1n) is 13.4. The minimum Gasteiger partial charge on any atom is -0.504 e. The van der Waals surface area contributed by atoms with E-state index < -0.39 is 16.8 Å². The molecule has 2 spiro atoms. The Balaban J connectivity index is 1.56. The largest absolute Gasteiger partial charge is 0.504 e. The fraction of sp³-hybridized carbons (Fsp3) is 0.724. The fourth-order valence-electron chi connectivity index (χ4n) is 9.47. The summed E-state index contributed by atoms with van der Waals surface area (Å²) < 4.78 is 13.5. The maximum Gasteiger partial charge on any atom is 0.166 e.